The van der Waals surface area contributed by atoms with Gasteiger partial charge in [-0.25, -0.2) is 0 Å². The summed E-state index contributed by atoms with van der Waals surface area (Å²) in [6.07, 6.45) is 3.37. The van der Waals surface area contributed by atoms with Gasteiger partial charge in [-0.2, -0.15) is 0 Å². The molecule has 0 radical (unpaired) electrons. The molecule has 1 rings (SSSR count). The quantitative estimate of drug-likeness (QED) is 0.638. The second-order valence-corrected chi connectivity index (χ2v) is 6.81. The minimum absolute atomic E-state index is 0.372. The topological polar surface area (TPSA) is 35.5 Å². The van der Waals surface area contributed by atoms with Gasteiger partial charge in [-0.1, -0.05) is 31.9 Å². The van der Waals surface area contributed by atoms with Crippen LogP contribution in [-0.4, -0.2) is 12.2 Å². The second kappa shape index (κ2) is 5.88. The summed E-state index contributed by atoms with van der Waals surface area (Å²) in [7, 11) is -3.16. The highest BCUT2D eigenvalue weighted by Crippen LogP contribution is 2.68. The number of halogens is 1. The molecule has 2 atom stereocenters. The average molecular weight is 281 g/mol. The van der Waals surface area contributed by atoms with E-state index in [2.05, 4.69) is 6.92 Å². The molecule has 0 aliphatic carbocycles. The summed E-state index contributed by atoms with van der Waals surface area (Å²) in [5, 5.41) is 1.28. The first-order valence-corrected chi connectivity index (χ1v) is 8.20. The molecule has 100 valence electrons. The summed E-state index contributed by atoms with van der Waals surface area (Å²) in [4.78, 5) is 0. The molecule has 0 spiro atoms. The summed E-state index contributed by atoms with van der Waals surface area (Å²) >= 11 is 6.34. The maximum Gasteiger partial charge on any atom is 0.359 e. The molecule has 1 heterocycles. The van der Waals surface area contributed by atoms with Crippen molar-refractivity contribution in [2.75, 3.05) is 6.61 Å². The third-order valence-corrected chi connectivity index (χ3v) is 6.22. The van der Waals surface area contributed by atoms with Crippen molar-refractivity contribution in [3.63, 3.8) is 0 Å². The fourth-order valence-corrected chi connectivity index (χ4v) is 4.82. The monoisotopic (exact) mass is 280 g/mol. The van der Waals surface area contributed by atoms with Crippen molar-refractivity contribution in [1.82, 2.24) is 0 Å². The number of allylic oxidation sites excluding steroid dienone is 1. The Balaban J connectivity index is 3.06. The standard InChI is InChI=1S/C12H22ClO3P/c1-5-8-9-10-11(13)12(4,6-2)16-17(10,14)15-7-3/h5-9H2,1-4H3/t12-,17+/m0/s1. The first-order valence-electron chi connectivity index (χ1n) is 6.28. The molecule has 0 amide bonds. The molecule has 0 fully saturated rings. The molecule has 3 nitrogen and oxygen atoms in total. The van der Waals surface area contributed by atoms with E-state index in [-0.39, 0.29) is 0 Å². The maximum atomic E-state index is 12.6. The van der Waals surface area contributed by atoms with Crippen LogP contribution in [0.25, 0.3) is 0 Å². The lowest BCUT2D eigenvalue weighted by Crippen LogP contribution is -2.22. The van der Waals surface area contributed by atoms with Crippen molar-refractivity contribution >= 4 is 19.2 Å². The Kier molecular flexibility index (Phi) is 5.27. The summed E-state index contributed by atoms with van der Waals surface area (Å²) in [5.74, 6) is 0. The van der Waals surface area contributed by atoms with Crippen LogP contribution in [-0.2, 0) is 13.6 Å². The molecule has 0 N–H and O–H groups in total. The Labute approximate surface area is 109 Å². The van der Waals surface area contributed by atoms with Gasteiger partial charge in [-0.05, 0) is 33.1 Å². The van der Waals surface area contributed by atoms with Crippen LogP contribution in [0.5, 0.6) is 0 Å². The van der Waals surface area contributed by atoms with Crippen molar-refractivity contribution in [3.8, 4) is 0 Å². The summed E-state index contributed by atoms with van der Waals surface area (Å²) in [5.41, 5.74) is -0.644. The zero-order valence-corrected chi connectivity index (χ0v) is 12.7. The van der Waals surface area contributed by atoms with E-state index in [0.717, 1.165) is 12.8 Å². The predicted molar refractivity (Wildman–Crippen MR) is 71.4 cm³/mol. The Morgan fingerprint density at radius 1 is 1.41 bits per heavy atom. The zero-order valence-electron chi connectivity index (χ0n) is 11.1. The Morgan fingerprint density at radius 2 is 2.06 bits per heavy atom. The Bertz CT molecular complexity index is 354. The van der Waals surface area contributed by atoms with E-state index >= 15 is 0 Å². The first kappa shape index (κ1) is 15.2. The number of hydrogen-bond donors (Lipinski definition) is 0. The number of unbranched alkanes of at least 4 members (excludes halogenated alkanes) is 1. The normalized spacial score (nSPS) is 33.5. The highest BCUT2D eigenvalue weighted by molar-refractivity contribution is 7.59. The average Bonchev–Trinajstić information content (AvgIpc) is 2.46. The van der Waals surface area contributed by atoms with Crippen molar-refractivity contribution in [1.29, 1.82) is 0 Å². The predicted octanol–water partition coefficient (Wildman–Crippen LogP) is 5.06. The highest BCUT2D eigenvalue weighted by Gasteiger charge is 2.49. The molecule has 0 aromatic rings. The van der Waals surface area contributed by atoms with Crippen LogP contribution < -0.4 is 0 Å². The van der Waals surface area contributed by atoms with E-state index in [9.17, 15) is 4.57 Å². The third kappa shape index (κ3) is 2.96. The maximum absolute atomic E-state index is 12.6. The molecule has 17 heavy (non-hydrogen) atoms. The van der Waals surface area contributed by atoms with Crippen LogP contribution >= 0.6 is 19.2 Å². The van der Waals surface area contributed by atoms with E-state index < -0.39 is 13.2 Å². The minimum atomic E-state index is -3.16. The van der Waals surface area contributed by atoms with Gasteiger partial charge in [0.25, 0.3) is 0 Å². The van der Waals surface area contributed by atoms with Gasteiger partial charge in [0.2, 0.25) is 0 Å². The molecule has 0 saturated heterocycles. The van der Waals surface area contributed by atoms with E-state index in [0.29, 0.717) is 29.8 Å². The number of rotatable bonds is 6. The minimum Gasteiger partial charge on any atom is -0.306 e. The van der Waals surface area contributed by atoms with Crippen LogP contribution in [0.4, 0.5) is 0 Å². The lowest BCUT2D eigenvalue weighted by molar-refractivity contribution is 0.113. The molecule has 1 aliphatic rings. The van der Waals surface area contributed by atoms with Crippen molar-refractivity contribution in [2.24, 2.45) is 0 Å². The van der Waals surface area contributed by atoms with Crippen LogP contribution in [0.3, 0.4) is 0 Å². The summed E-state index contributed by atoms with van der Waals surface area (Å²) in [6.45, 7) is 8.13. The molecule has 0 aromatic carbocycles. The molecule has 0 unspecified atom stereocenters. The molecule has 1 aliphatic heterocycles. The van der Waals surface area contributed by atoms with E-state index in [4.69, 9.17) is 20.6 Å². The van der Waals surface area contributed by atoms with E-state index in [1.165, 1.54) is 0 Å². The lowest BCUT2D eigenvalue weighted by Gasteiger charge is -2.23. The van der Waals surface area contributed by atoms with Gasteiger partial charge < -0.3 is 4.52 Å². The molecular weight excluding hydrogens is 259 g/mol. The van der Waals surface area contributed by atoms with Crippen LogP contribution in [0.15, 0.2) is 10.3 Å². The lowest BCUT2D eigenvalue weighted by atomic mass is 10.0. The Hall–Kier alpha value is 0.180. The van der Waals surface area contributed by atoms with Crippen molar-refractivity contribution < 1.29 is 13.6 Å². The Morgan fingerprint density at radius 3 is 2.53 bits per heavy atom. The molecule has 0 saturated carbocycles. The fourth-order valence-electron chi connectivity index (χ4n) is 1.87. The van der Waals surface area contributed by atoms with Gasteiger partial charge in [0.1, 0.15) is 5.60 Å². The SMILES string of the molecule is CCCCC1=C(Cl)[C@](C)(CC)O[P@]1(=O)OCC. The highest BCUT2D eigenvalue weighted by atomic mass is 35.5. The molecular formula is C12H22ClO3P. The van der Waals surface area contributed by atoms with Crippen molar-refractivity contribution in [3.05, 3.63) is 10.3 Å². The summed E-state index contributed by atoms with van der Waals surface area (Å²) < 4.78 is 23.7. The van der Waals surface area contributed by atoms with Gasteiger partial charge in [-0.15, -0.1) is 0 Å². The second-order valence-electron chi connectivity index (χ2n) is 4.46. The van der Waals surface area contributed by atoms with Gasteiger partial charge >= 0.3 is 7.60 Å². The molecule has 5 heteroatoms. The van der Waals surface area contributed by atoms with E-state index in [1.54, 1.807) is 0 Å². The van der Waals surface area contributed by atoms with Crippen LogP contribution in [0.1, 0.15) is 53.4 Å². The van der Waals surface area contributed by atoms with Gasteiger partial charge in [0, 0.05) is 0 Å². The smallest absolute Gasteiger partial charge is 0.306 e. The first-order chi connectivity index (χ1) is 7.93. The molecule has 0 bridgehead atoms. The van der Waals surface area contributed by atoms with E-state index in [1.807, 2.05) is 20.8 Å². The van der Waals surface area contributed by atoms with Crippen LogP contribution in [0, 0.1) is 0 Å². The van der Waals surface area contributed by atoms with Gasteiger partial charge in [0.15, 0.2) is 0 Å². The zero-order chi connectivity index (χ0) is 13.1. The van der Waals surface area contributed by atoms with Gasteiger partial charge in [0.05, 0.1) is 17.0 Å². The van der Waals surface area contributed by atoms with Crippen LogP contribution in [0.2, 0.25) is 0 Å². The third-order valence-electron chi connectivity index (χ3n) is 3.11. The fraction of sp³-hybridized carbons (Fsp3) is 0.833. The molecule has 0 aromatic heterocycles. The number of hydrogen-bond acceptors (Lipinski definition) is 3. The summed E-state index contributed by atoms with van der Waals surface area (Å²) in [6, 6.07) is 0. The van der Waals surface area contributed by atoms with Crippen molar-refractivity contribution in [2.45, 2.75) is 59.0 Å². The van der Waals surface area contributed by atoms with Gasteiger partial charge in [-0.3, -0.25) is 9.09 Å². The largest absolute Gasteiger partial charge is 0.359 e.